The molecule has 0 aromatic carbocycles. The van der Waals surface area contributed by atoms with Crippen LogP contribution in [-0.4, -0.2) is 59.0 Å². The molecule has 41 heavy (non-hydrogen) atoms. The van der Waals surface area contributed by atoms with Crippen LogP contribution < -0.4 is 139 Å². The van der Waals surface area contributed by atoms with E-state index < -0.39 is 47.9 Å². The molecule has 0 atom stereocenters. The summed E-state index contributed by atoms with van der Waals surface area (Å²) in [6.07, 6.45) is 13.4. The van der Waals surface area contributed by atoms with Crippen molar-refractivity contribution in [1.82, 2.24) is 0 Å². The average Bonchev–Trinajstić information content (AvgIpc) is 2.82. The van der Waals surface area contributed by atoms with Crippen LogP contribution in [0.4, 0.5) is 0 Å². The van der Waals surface area contributed by atoms with Crippen molar-refractivity contribution in [3.63, 3.8) is 0 Å². The molecule has 0 saturated heterocycles. The number of hydrogen-bond acceptors (Lipinski definition) is 11. The normalized spacial score (nSPS) is 8.39. The minimum atomic E-state index is -1.56. The Kier molecular flexibility index (Phi) is 76.0. The fourth-order valence-electron chi connectivity index (χ4n) is 2.32. The number of unbranched alkanes of at least 4 members (excludes halogenated alkanes) is 10. The molecule has 0 aliphatic heterocycles. The second kappa shape index (κ2) is 50.8. The molecule has 0 heterocycles. The molecule has 0 unspecified atom stereocenters. The van der Waals surface area contributed by atoms with E-state index >= 15 is 0 Å². The molecule has 0 aliphatic rings. The van der Waals surface area contributed by atoms with Crippen LogP contribution >= 0.6 is 0 Å². The van der Waals surface area contributed by atoms with E-state index in [9.17, 15) is 39.6 Å². The maximum absolute atomic E-state index is 9.73. The average molecular weight is 625 g/mol. The summed E-state index contributed by atoms with van der Waals surface area (Å²) in [7, 11) is 0. The van der Waals surface area contributed by atoms with Crippen LogP contribution in [0.25, 0.3) is 0 Å². The first-order chi connectivity index (χ1) is 17.4. The third-order valence-electron chi connectivity index (χ3n) is 4.37. The van der Waals surface area contributed by atoms with Crippen molar-refractivity contribution in [2.45, 2.75) is 96.8 Å². The molecule has 0 fully saturated rings. The molecule has 0 bridgehead atoms. The Bertz CT molecular complexity index is 583. The van der Waals surface area contributed by atoms with E-state index in [2.05, 4.69) is 20.1 Å². The topological polar surface area (TPSA) is 221 Å². The quantitative estimate of drug-likeness (QED) is 0.0696. The molecule has 15 heteroatoms. The fourth-order valence-corrected chi connectivity index (χ4v) is 2.32. The summed E-state index contributed by atoms with van der Waals surface area (Å²) in [6.45, 7) is 8.84. The Morgan fingerprint density at radius 1 is 0.488 bits per heavy atom. The first-order valence-electron chi connectivity index (χ1n) is 12.4. The number of carbonyl (C=O) groups is 4. The number of rotatable bonds is 19. The predicted molar refractivity (Wildman–Crippen MR) is 130 cm³/mol. The van der Waals surface area contributed by atoms with Gasteiger partial charge in [0.05, 0.1) is 11.9 Å². The fraction of sp³-hybridized carbons (Fsp3) is 0.692. The monoisotopic (exact) mass is 624 g/mol. The zero-order valence-corrected chi connectivity index (χ0v) is 34.0. The van der Waals surface area contributed by atoms with Gasteiger partial charge in [-0.2, -0.15) is 0 Å². The summed E-state index contributed by atoms with van der Waals surface area (Å²) < 4.78 is 0. The van der Waals surface area contributed by atoms with Gasteiger partial charge in [-0.1, -0.05) is 77.9 Å². The number of carboxylic acids is 4. The molecule has 0 aliphatic carbocycles. The van der Waals surface area contributed by atoms with E-state index in [-0.39, 0.29) is 131 Å². The molecule has 0 radical (unpaired) electrons. The smallest absolute Gasteiger partial charge is 0.550 e. The maximum atomic E-state index is 9.73. The van der Waals surface area contributed by atoms with Crippen LogP contribution in [0.15, 0.2) is 24.3 Å². The van der Waals surface area contributed by atoms with Gasteiger partial charge in [-0.25, -0.2) is 0 Å². The van der Waals surface area contributed by atoms with Crippen LogP contribution in [0.2, 0.25) is 0 Å². The minimum absolute atomic E-state index is 0. The van der Waals surface area contributed by atoms with Gasteiger partial charge in [0.25, 0.3) is 0 Å². The van der Waals surface area contributed by atoms with Gasteiger partial charge in [0, 0.05) is 44.6 Å². The summed E-state index contributed by atoms with van der Waals surface area (Å²) in [5.41, 5.74) is -0.954. The SMILES string of the molecule is C=C(CC(=O)[O-])C(=O)[O-].C=C(CC(=O)[O-])C(=O)[O-].CCCCCCCCCCCCO.OCCCCO.[Na+].[Na+].[Na+].[Na+]. The second-order valence-corrected chi connectivity index (χ2v) is 7.94. The van der Waals surface area contributed by atoms with Gasteiger partial charge in [0.1, 0.15) is 0 Å². The van der Waals surface area contributed by atoms with Crippen molar-refractivity contribution in [2.75, 3.05) is 19.8 Å². The van der Waals surface area contributed by atoms with Crippen molar-refractivity contribution in [1.29, 1.82) is 0 Å². The van der Waals surface area contributed by atoms with Crippen LogP contribution in [0.5, 0.6) is 0 Å². The standard InChI is InChI=1S/C12H26O.2C5H6O4.C4H10O2.4Na/c1-2-3-4-5-6-7-8-9-10-11-12-13;2*1-3(5(8)9)2-4(6)7;5-3-1-2-4-6;;;;/h13H,2-12H2,1H3;2*1-2H2,(H,6,7)(H,8,9);5-6H,1-4H2;;;;/q;;;;4*+1/p-4. The summed E-state index contributed by atoms with van der Waals surface area (Å²) >= 11 is 0. The van der Waals surface area contributed by atoms with E-state index in [4.69, 9.17) is 15.3 Å². The van der Waals surface area contributed by atoms with Crippen molar-refractivity contribution < 1.29 is 173 Å². The summed E-state index contributed by atoms with van der Waals surface area (Å²) in [5.74, 6) is -6.05. The Balaban J connectivity index is -0.0000000589. The van der Waals surface area contributed by atoms with Gasteiger partial charge in [-0.3, -0.25) is 0 Å². The predicted octanol–water partition coefficient (Wildman–Crippen LogP) is -13.5. The summed E-state index contributed by atoms with van der Waals surface area (Å²) in [5, 5.41) is 63.5. The molecule has 0 aromatic rings. The molecule has 11 nitrogen and oxygen atoms in total. The first kappa shape index (κ1) is 61.3. The number of aliphatic hydroxyl groups excluding tert-OH is 3. The zero-order valence-electron chi connectivity index (χ0n) is 26.0. The van der Waals surface area contributed by atoms with Crippen LogP contribution in [0, 0.1) is 0 Å². The number of aliphatic hydroxyl groups is 3. The van der Waals surface area contributed by atoms with Crippen LogP contribution in [-0.2, 0) is 19.2 Å². The second-order valence-electron chi connectivity index (χ2n) is 7.94. The number of carbonyl (C=O) groups excluding carboxylic acids is 4. The van der Waals surface area contributed by atoms with Crippen molar-refractivity contribution in [3.05, 3.63) is 24.3 Å². The van der Waals surface area contributed by atoms with E-state index in [0.29, 0.717) is 6.61 Å². The third-order valence-corrected chi connectivity index (χ3v) is 4.37. The zero-order chi connectivity index (χ0) is 29.5. The number of aliphatic carboxylic acids is 4. The van der Waals surface area contributed by atoms with E-state index in [1.54, 1.807) is 0 Å². The molecular weight excluding hydrogens is 580 g/mol. The van der Waals surface area contributed by atoms with Gasteiger partial charge in [0.2, 0.25) is 0 Å². The third kappa shape index (κ3) is 69.4. The van der Waals surface area contributed by atoms with Gasteiger partial charge in [-0.05, 0) is 30.4 Å². The maximum Gasteiger partial charge on any atom is 1.00 e. The van der Waals surface area contributed by atoms with Gasteiger partial charge >= 0.3 is 118 Å². The molecule has 0 amide bonds. The van der Waals surface area contributed by atoms with Gasteiger partial charge in [-0.15, -0.1) is 0 Å². The largest absolute Gasteiger partial charge is 1.00 e. The molecule has 0 rings (SSSR count). The Hall–Kier alpha value is 1.24. The van der Waals surface area contributed by atoms with Crippen molar-refractivity contribution >= 4 is 23.9 Å². The van der Waals surface area contributed by atoms with Crippen LogP contribution in [0.3, 0.4) is 0 Å². The Morgan fingerprint density at radius 2 is 0.707 bits per heavy atom. The number of hydrogen-bond donors (Lipinski definition) is 3. The van der Waals surface area contributed by atoms with E-state index in [0.717, 1.165) is 19.3 Å². The summed E-state index contributed by atoms with van der Waals surface area (Å²) in [4.78, 5) is 38.8. The van der Waals surface area contributed by atoms with Gasteiger partial charge < -0.3 is 54.9 Å². The molecule has 0 saturated carbocycles. The summed E-state index contributed by atoms with van der Waals surface area (Å²) in [6, 6.07) is 0. The molecule has 0 spiro atoms. The van der Waals surface area contributed by atoms with Gasteiger partial charge in [0.15, 0.2) is 0 Å². The Morgan fingerprint density at radius 3 is 0.878 bits per heavy atom. The van der Waals surface area contributed by atoms with E-state index in [1.807, 2.05) is 0 Å². The van der Waals surface area contributed by atoms with E-state index in [1.165, 1.54) is 57.8 Å². The minimum Gasteiger partial charge on any atom is -0.550 e. The number of carboxylic acid groups (broad SMARTS) is 4. The molecule has 218 valence electrons. The molecule has 3 N–H and O–H groups in total. The van der Waals surface area contributed by atoms with Crippen LogP contribution in [0.1, 0.15) is 96.8 Å². The molecular formula is C26H44Na4O11. The van der Waals surface area contributed by atoms with Crippen molar-refractivity contribution in [2.24, 2.45) is 0 Å². The Labute approximate surface area is 333 Å². The van der Waals surface area contributed by atoms with Crippen molar-refractivity contribution in [3.8, 4) is 0 Å². The first-order valence-corrected chi connectivity index (χ1v) is 12.4. The molecule has 0 aromatic heterocycles.